The van der Waals surface area contributed by atoms with Gasteiger partial charge >= 0.3 is 11.9 Å². The summed E-state index contributed by atoms with van der Waals surface area (Å²) < 4.78 is 8.40. The van der Waals surface area contributed by atoms with Gasteiger partial charge in [0.15, 0.2) is 0 Å². The van der Waals surface area contributed by atoms with Gasteiger partial charge in [-0.15, -0.1) is 0 Å². The number of aliphatic hydroxyl groups excluding tert-OH is 2. The average Bonchev–Trinajstić information content (AvgIpc) is 2.03. The Morgan fingerprint density at radius 3 is 1.62 bits per heavy atom. The fraction of sp³-hybridized carbons (Fsp3) is 0.667. The van der Waals surface area contributed by atoms with Crippen molar-refractivity contribution >= 4 is 24.3 Å². The van der Waals surface area contributed by atoms with E-state index in [1.807, 2.05) is 0 Å². The molecule has 0 aromatic heterocycles. The minimum atomic E-state index is -1.28. The largest absolute Gasteiger partial charge is 0.382 e. The average molecular weight is 210 g/mol. The third-order valence-corrected chi connectivity index (χ3v) is 1.38. The molecular weight excluding hydrogens is 200 g/mol. The first-order valence-corrected chi connectivity index (χ1v) is 4.06. The Labute approximate surface area is 79.2 Å². The molecule has 0 rings (SSSR count). The molecule has 7 heteroatoms. The maximum Gasteiger partial charge on any atom is 0.349 e. The van der Waals surface area contributed by atoms with E-state index in [1.54, 1.807) is 0 Å². The summed E-state index contributed by atoms with van der Waals surface area (Å²) in [7, 11) is 0. The Bertz CT molecular complexity index is 170. The summed E-state index contributed by atoms with van der Waals surface area (Å²) in [5.74, 6) is -1.85. The molecule has 0 radical (unpaired) electrons. The quantitative estimate of drug-likeness (QED) is 0.598. The van der Waals surface area contributed by atoms with E-state index in [2.05, 4.69) is 8.37 Å². The van der Waals surface area contributed by atoms with Gasteiger partial charge < -0.3 is 18.6 Å². The van der Waals surface area contributed by atoms with E-state index >= 15 is 0 Å². The topological polar surface area (TPSA) is 93.1 Å². The van der Waals surface area contributed by atoms with Crippen LogP contribution in [-0.4, -0.2) is 34.4 Å². The predicted octanol–water partition coefficient (Wildman–Crippen LogP) is -0.602. The van der Waals surface area contributed by atoms with Gasteiger partial charge in [-0.1, -0.05) is 0 Å². The monoisotopic (exact) mass is 210 g/mol. The number of carbonyl (C=O) groups excluding carboxylic acids is 2. The zero-order chi connectivity index (χ0) is 10.4. The predicted molar refractivity (Wildman–Crippen MR) is 43.1 cm³/mol. The van der Waals surface area contributed by atoms with Crippen molar-refractivity contribution in [3.63, 3.8) is 0 Å². The zero-order valence-corrected chi connectivity index (χ0v) is 7.91. The number of hydrogen-bond acceptors (Lipinski definition) is 7. The highest BCUT2D eigenvalue weighted by atomic mass is 32.2. The summed E-state index contributed by atoms with van der Waals surface area (Å²) in [5, 5.41) is 17.2. The van der Waals surface area contributed by atoms with Crippen LogP contribution in [0, 0.1) is 0 Å². The summed E-state index contributed by atoms with van der Waals surface area (Å²) in [6.45, 7) is 2.42. The summed E-state index contributed by atoms with van der Waals surface area (Å²) in [6, 6.07) is 0. The second-order valence-corrected chi connectivity index (χ2v) is 2.69. The van der Waals surface area contributed by atoms with Crippen molar-refractivity contribution in [1.29, 1.82) is 0 Å². The van der Waals surface area contributed by atoms with Crippen LogP contribution >= 0.6 is 12.3 Å². The number of hydrogen-bond donors (Lipinski definition) is 2. The van der Waals surface area contributed by atoms with E-state index < -0.39 is 24.1 Å². The van der Waals surface area contributed by atoms with E-state index in [4.69, 9.17) is 10.2 Å². The van der Waals surface area contributed by atoms with E-state index in [0.717, 1.165) is 0 Å². The second kappa shape index (κ2) is 5.79. The molecule has 0 aliphatic carbocycles. The summed E-state index contributed by atoms with van der Waals surface area (Å²) in [5.41, 5.74) is 0. The zero-order valence-electron chi connectivity index (χ0n) is 7.09. The van der Waals surface area contributed by atoms with Crippen LogP contribution in [0.5, 0.6) is 0 Å². The number of carbonyl (C=O) groups is 2. The van der Waals surface area contributed by atoms with Crippen LogP contribution in [0.2, 0.25) is 0 Å². The minimum absolute atomic E-state index is 0.107. The lowest BCUT2D eigenvalue weighted by Crippen LogP contribution is -2.19. The first kappa shape index (κ1) is 12.2. The van der Waals surface area contributed by atoms with Gasteiger partial charge in [0, 0.05) is 0 Å². The highest BCUT2D eigenvalue weighted by Crippen LogP contribution is 2.08. The van der Waals surface area contributed by atoms with Crippen LogP contribution in [0.1, 0.15) is 13.8 Å². The van der Waals surface area contributed by atoms with E-state index in [9.17, 15) is 9.59 Å². The molecule has 6 nitrogen and oxygen atoms in total. The lowest BCUT2D eigenvalue weighted by atomic mass is 10.4. The maximum atomic E-state index is 10.5. The van der Waals surface area contributed by atoms with Crippen molar-refractivity contribution in [3.05, 3.63) is 0 Å². The molecule has 0 bridgehead atoms. The van der Waals surface area contributed by atoms with Crippen molar-refractivity contribution in [1.82, 2.24) is 0 Å². The van der Waals surface area contributed by atoms with Gasteiger partial charge in [-0.3, -0.25) is 0 Å². The molecule has 0 saturated carbocycles. The normalized spacial score (nSPS) is 14.5. The minimum Gasteiger partial charge on any atom is -0.382 e. The van der Waals surface area contributed by atoms with Crippen LogP contribution in [0.3, 0.4) is 0 Å². The molecule has 76 valence electrons. The van der Waals surface area contributed by atoms with Crippen LogP contribution < -0.4 is 0 Å². The molecule has 0 aromatic rings. The molecule has 0 amide bonds. The van der Waals surface area contributed by atoms with Crippen molar-refractivity contribution in [2.45, 2.75) is 26.1 Å². The van der Waals surface area contributed by atoms with E-state index in [1.165, 1.54) is 13.8 Å². The second-order valence-electron chi connectivity index (χ2n) is 2.22. The van der Waals surface area contributed by atoms with Gasteiger partial charge in [-0.05, 0) is 13.8 Å². The number of aliphatic hydroxyl groups is 2. The van der Waals surface area contributed by atoms with Crippen LogP contribution in [-0.2, 0) is 18.0 Å². The van der Waals surface area contributed by atoms with Crippen LogP contribution in [0.15, 0.2) is 0 Å². The third kappa shape index (κ3) is 5.45. The summed E-state index contributed by atoms with van der Waals surface area (Å²) >= 11 is 0.107. The van der Waals surface area contributed by atoms with Crippen LogP contribution in [0.25, 0.3) is 0 Å². The molecular formula is C6H10O6S. The van der Waals surface area contributed by atoms with E-state index in [0.29, 0.717) is 0 Å². The van der Waals surface area contributed by atoms with Crippen molar-refractivity contribution in [2.75, 3.05) is 0 Å². The Balaban J connectivity index is 3.57. The fourth-order valence-corrected chi connectivity index (χ4v) is 0.670. The van der Waals surface area contributed by atoms with Crippen molar-refractivity contribution < 1.29 is 28.2 Å². The standard InChI is InChI=1S/C6H10O6S/c1-3(7)5(9)11-13-12-6(10)4(2)8/h3-4,7-8H,1-2H3. The lowest BCUT2D eigenvalue weighted by molar-refractivity contribution is -0.144. The SMILES string of the molecule is CC(O)C(=O)OSOC(=O)C(C)O. The molecule has 0 heterocycles. The molecule has 0 fully saturated rings. The molecule has 0 spiro atoms. The van der Waals surface area contributed by atoms with Gasteiger partial charge in [-0.25, -0.2) is 9.59 Å². The van der Waals surface area contributed by atoms with Crippen molar-refractivity contribution in [2.24, 2.45) is 0 Å². The molecule has 0 aromatic carbocycles. The molecule has 13 heavy (non-hydrogen) atoms. The van der Waals surface area contributed by atoms with Crippen LogP contribution in [0.4, 0.5) is 0 Å². The van der Waals surface area contributed by atoms with Gasteiger partial charge in [-0.2, -0.15) is 0 Å². The summed E-state index contributed by atoms with van der Waals surface area (Å²) in [4.78, 5) is 21.1. The molecule has 2 N–H and O–H groups in total. The Morgan fingerprint density at radius 2 is 1.38 bits per heavy atom. The van der Waals surface area contributed by atoms with Gasteiger partial charge in [0.1, 0.15) is 12.2 Å². The van der Waals surface area contributed by atoms with E-state index in [-0.39, 0.29) is 12.3 Å². The van der Waals surface area contributed by atoms with Gasteiger partial charge in [0.05, 0.1) is 0 Å². The Morgan fingerprint density at radius 1 is 1.08 bits per heavy atom. The first-order valence-electron chi connectivity index (χ1n) is 3.40. The maximum absolute atomic E-state index is 10.5. The van der Waals surface area contributed by atoms with Gasteiger partial charge in [0.25, 0.3) is 12.3 Å². The highest BCUT2D eigenvalue weighted by Gasteiger charge is 2.15. The molecule has 2 unspecified atom stereocenters. The number of rotatable bonds is 4. The Kier molecular flexibility index (Phi) is 5.44. The molecule has 0 aliphatic rings. The fourth-order valence-electron chi connectivity index (χ4n) is 0.223. The first-order chi connectivity index (χ1) is 5.95. The van der Waals surface area contributed by atoms with Crippen molar-refractivity contribution in [3.8, 4) is 0 Å². The lowest BCUT2D eigenvalue weighted by Gasteiger charge is -2.04. The molecule has 0 aliphatic heterocycles. The highest BCUT2D eigenvalue weighted by molar-refractivity contribution is 7.90. The molecule has 2 atom stereocenters. The Hall–Kier alpha value is -0.790. The third-order valence-electron chi connectivity index (χ3n) is 0.915. The smallest absolute Gasteiger partial charge is 0.349 e. The van der Waals surface area contributed by atoms with Gasteiger partial charge in [0.2, 0.25) is 0 Å². The summed E-state index contributed by atoms with van der Waals surface area (Å²) in [6.07, 6.45) is -2.56. The molecule has 0 saturated heterocycles.